The smallest absolute Gasteiger partial charge is 0.309 e. The Hall–Kier alpha value is -0.900. The van der Waals surface area contributed by atoms with Gasteiger partial charge in [-0.3, -0.25) is 9.59 Å². The summed E-state index contributed by atoms with van der Waals surface area (Å²) in [6.45, 7) is 1.85. The summed E-state index contributed by atoms with van der Waals surface area (Å²) in [7, 11) is 1.39. The normalized spacial score (nSPS) is 29.1. The molecule has 90 valence electrons. The van der Waals surface area contributed by atoms with Crippen LogP contribution >= 0.6 is 0 Å². The van der Waals surface area contributed by atoms with Crippen LogP contribution in [0, 0.1) is 11.3 Å². The summed E-state index contributed by atoms with van der Waals surface area (Å²) in [5.74, 6) is -0.147. The van der Waals surface area contributed by atoms with Crippen molar-refractivity contribution in [2.45, 2.75) is 32.1 Å². The Morgan fingerprint density at radius 2 is 2.06 bits per heavy atom. The lowest BCUT2D eigenvalue weighted by Gasteiger charge is -2.40. The van der Waals surface area contributed by atoms with E-state index < -0.39 is 0 Å². The number of piperidine rings is 1. The zero-order chi connectivity index (χ0) is 11.6. The summed E-state index contributed by atoms with van der Waals surface area (Å²) in [6, 6.07) is 0. The number of carbonyl (C=O) groups is 2. The van der Waals surface area contributed by atoms with Crippen LogP contribution < -0.4 is 5.32 Å². The lowest BCUT2D eigenvalue weighted by atomic mass is 9.65. The quantitative estimate of drug-likeness (QED) is 0.674. The van der Waals surface area contributed by atoms with E-state index in [2.05, 4.69) is 5.32 Å². The van der Waals surface area contributed by atoms with Crippen LogP contribution in [0.3, 0.4) is 0 Å². The molecule has 16 heavy (non-hydrogen) atoms. The van der Waals surface area contributed by atoms with E-state index in [1.54, 1.807) is 0 Å². The van der Waals surface area contributed by atoms with E-state index in [9.17, 15) is 9.59 Å². The van der Waals surface area contributed by atoms with Crippen LogP contribution in [-0.4, -0.2) is 32.0 Å². The average molecular weight is 225 g/mol. The second-order valence-electron chi connectivity index (χ2n) is 4.92. The number of rotatable bonds is 1. The molecule has 2 aliphatic rings. The lowest BCUT2D eigenvalue weighted by molar-refractivity contribution is -0.152. The number of carbonyl (C=O) groups excluding carboxylic acids is 2. The van der Waals surface area contributed by atoms with E-state index in [-0.39, 0.29) is 23.1 Å². The molecule has 0 bridgehead atoms. The highest BCUT2D eigenvalue weighted by molar-refractivity contribution is 5.90. The second-order valence-corrected chi connectivity index (χ2v) is 4.92. The molecule has 1 spiro atoms. The Labute approximate surface area is 95.7 Å². The minimum Gasteiger partial charge on any atom is -0.469 e. The van der Waals surface area contributed by atoms with Gasteiger partial charge < -0.3 is 10.1 Å². The maximum Gasteiger partial charge on any atom is 0.309 e. The molecule has 4 heteroatoms. The first-order chi connectivity index (χ1) is 7.68. The van der Waals surface area contributed by atoms with Crippen LogP contribution in [0.5, 0.6) is 0 Å². The molecule has 1 N–H and O–H groups in total. The fourth-order valence-corrected chi connectivity index (χ4v) is 2.93. The Morgan fingerprint density at radius 3 is 2.62 bits per heavy atom. The van der Waals surface area contributed by atoms with Crippen molar-refractivity contribution in [2.75, 3.05) is 20.2 Å². The Kier molecular flexibility index (Phi) is 3.28. The molecule has 1 saturated carbocycles. The van der Waals surface area contributed by atoms with Crippen molar-refractivity contribution in [3.8, 4) is 0 Å². The van der Waals surface area contributed by atoms with Crippen molar-refractivity contribution in [3.05, 3.63) is 0 Å². The van der Waals surface area contributed by atoms with Gasteiger partial charge in [-0.05, 0) is 38.8 Å². The second kappa shape index (κ2) is 4.53. The highest BCUT2D eigenvalue weighted by atomic mass is 16.5. The standard InChI is InChI=1S/C12H19NO3/c1-16-11(15)9-2-3-12(10(14)8-9)4-6-13-7-5-12/h9,13H,2-8H2,1H3. The number of methoxy groups -OCH3 is 1. The maximum atomic E-state index is 12.2. The first kappa shape index (κ1) is 11.6. The number of hydrogen-bond acceptors (Lipinski definition) is 4. The Morgan fingerprint density at radius 1 is 1.38 bits per heavy atom. The van der Waals surface area contributed by atoms with Gasteiger partial charge in [-0.25, -0.2) is 0 Å². The molecular weight excluding hydrogens is 206 g/mol. The molecule has 1 heterocycles. The highest BCUT2D eigenvalue weighted by Crippen LogP contribution is 2.42. The van der Waals surface area contributed by atoms with Gasteiger partial charge in [-0.15, -0.1) is 0 Å². The van der Waals surface area contributed by atoms with E-state index in [0.29, 0.717) is 6.42 Å². The van der Waals surface area contributed by atoms with Crippen LogP contribution in [0.4, 0.5) is 0 Å². The summed E-state index contributed by atoms with van der Waals surface area (Å²) in [6.07, 6.45) is 3.90. The molecule has 2 rings (SSSR count). The monoisotopic (exact) mass is 225 g/mol. The van der Waals surface area contributed by atoms with Gasteiger partial charge in [0.1, 0.15) is 5.78 Å². The number of Topliss-reactive ketones (excluding diaryl/α,β-unsaturated/α-hetero) is 1. The van der Waals surface area contributed by atoms with Gasteiger partial charge >= 0.3 is 5.97 Å². The summed E-state index contributed by atoms with van der Waals surface area (Å²) < 4.78 is 4.71. The molecule has 0 aromatic heterocycles. The first-order valence-electron chi connectivity index (χ1n) is 6.00. The van der Waals surface area contributed by atoms with Crippen LogP contribution in [0.25, 0.3) is 0 Å². The van der Waals surface area contributed by atoms with Crippen molar-refractivity contribution in [2.24, 2.45) is 11.3 Å². The van der Waals surface area contributed by atoms with Crippen molar-refractivity contribution in [1.29, 1.82) is 0 Å². The highest BCUT2D eigenvalue weighted by Gasteiger charge is 2.44. The van der Waals surface area contributed by atoms with Crippen LogP contribution in [0.2, 0.25) is 0 Å². The van der Waals surface area contributed by atoms with Gasteiger partial charge in [-0.1, -0.05) is 0 Å². The zero-order valence-corrected chi connectivity index (χ0v) is 9.75. The van der Waals surface area contributed by atoms with Crippen molar-refractivity contribution >= 4 is 11.8 Å². The number of hydrogen-bond donors (Lipinski definition) is 1. The largest absolute Gasteiger partial charge is 0.469 e. The maximum absolute atomic E-state index is 12.2. The molecule has 1 aliphatic heterocycles. The fourth-order valence-electron chi connectivity index (χ4n) is 2.93. The molecule has 0 aromatic rings. The van der Waals surface area contributed by atoms with E-state index in [1.165, 1.54) is 7.11 Å². The summed E-state index contributed by atoms with van der Waals surface area (Å²) in [5.41, 5.74) is -0.129. The van der Waals surface area contributed by atoms with Crippen molar-refractivity contribution in [3.63, 3.8) is 0 Å². The predicted molar refractivity (Wildman–Crippen MR) is 58.9 cm³/mol. The van der Waals surface area contributed by atoms with E-state index >= 15 is 0 Å². The lowest BCUT2D eigenvalue weighted by Crippen LogP contribution is -2.46. The van der Waals surface area contributed by atoms with Gasteiger partial charge in [0.25, 0.3) is 0 Å². The van der Waals surface area contributed by atoms with Gasteiger partial charge in [0.05, 0.1) is 13.0 Å². The van der Waals surface area contributed by atoms with E-state index in [0.717, 1.165) is 38.8 Å². The number of ether oxygens (including phenoxy) is 1. The predicted octanol–water partition coefficient (Wildman–Crippen LogP) is 0.898. The third-order valence-corrected chi connectivity index (χ3v) is 4.09. The SMILES string of the molecule is COC(=O)C1CCC2(CCNCC2)C(=O)C1. The summed E-state index contributed by atoms with van der Waals surface area (Å²) in [4.78, 5) is 23.6. The third kappa shape index (κ3) is 1.98. The molecule has 2 fully saturated rings. The van der Waals surface area contributed by atoms with Gasteiger partial charge in [0.2, 0.25) is 0 Å². The zero-order valence-electron chi connectivity index (χ0n) is 9.75. The van der Waals surface area contributed by atoms with Crippen LogP contribution in [0.15, 0.2) is 0 Å². The molecule has 0 radical (unpaired) electrons. The topological polar surface area (TPSA) is 55.4 Å². The number of nitrogens with one attached hydrogen (secondary N) is 1. The Balaban J connectivity index is 2.02. The Bertz CT molecular complexity index is 295. The summed E-state index contributed by atoms with van der Waals surface area (Å²) >= 11 is 0. The van der Waals surface area contributed by atoms with Crippen molar-refractivity contribution in [1.82, 2.24) is 5.32 Å². The average Bonchev–Trinajstić information content (AvgIpc) is 2.33. The van der Waals surface area contributed by atoms with Gasteiger partial charge in [0, 0.05) is 11.8 Å². The van der Waals surface area contributed by atoms with E-state index in [1.807, 2.05) is 0 Å². The fraction of sp³-hybridized carbons (Fsp3) is 0.833. The van der Waals surface area contributed by atoms with Crippen LogP contribution in [0.1, 0.15) is 32.1 Å². The molecule has 4 nitrogen and oxygen atoms in total. The minimum absolute atomic E-state index is 0.129. The van der Waals surface area contributed by atoms with E-state index in [4.69, 9.17) is 4.74 Å². The van der Waals surface area contributed by atoms with Gasteiger partial charge in [-0.2, -0.15) is 0 Å². The van der Waals surface area contributed by atoms with Crippen LogP contribution in [-0.2, 0) is 14.3 Å². The molecule has 1 saturated heterocycles. The number of ketones is 1. The molecule has 0 aromatic carbocycles. The van der Waals surface area contributed by atoms with Crippen molar-refractivity contribution < 1.29 is 14.3 Å². The first-order valence-corrected chi connectivity index (χ1v) is 6.00. The molecular formula is C12H19NO3. The molecule has 1 atom stereocenters. The minimum atomic E-state index is -0.225. The molecule has 0 amide bonds. The molecule has 1 unspecified atom stereocenters. The molecule has 1 aliphatic carbocycles. The third-order valence-electron chi connectivity index (χ3n) is 4.09. The van der Waals surface area contributed by atoms with Gasteiger partial charge in [0.15, 0.2) is 0 Å². The number of esters is 1. The summed E-state index contributed by atoms with van der Waals surface area (Å²) in [5, 5.41) is 3.28.